The Morgan fingerprint density at radius 3 is 2.35 bits per heavy atom. The van der Waals surface area contributed by atoms with Crippen LogP contribution in [0.3, 0.4) is 0 Å². The van der Waals surface area contributed by atoms with Gasteiger partial charge >= 0.3 is 0 Å². The molecule has 1 heterocycles. The SMILES string of the molecule is CCNC1CC(C)CC(C)C1CN1CCC(C)(C)CC1. The third-order valence-corrected chi connectivity index (χ3v) is 5.82. The van der Waals surface area contributed by atoms with Crippen LogP contribution in [-0.2, 0) is 0 Å². The third-order valence-electron chi connectivity index (χ3n) is 5.82. The lowest BCUT2D eigenvalue weighted by molar-refractivity contribution is 0.0667. The maximum atomic E-state index is 3.77. The van der Waals surface area contributed by atoms with E-state index >= 15 is 0 Å². The summed E-state index contributed by atoms with van der Waals surface area (Å²) >= 11 is 0. The Morgan fingerprint density at radius 2 is 1.75 bits per heavy atom. The van der Waals surface area contributed by atoms with Crippen LogP contribution >= 0.6 is 0 Å². The minimum absolute atomic E-state index is 0.574. The van der Waals surface area contributed by atoms with Crippen molar-refractivity contribution in [3.8, 4) is 0 Å². The monoisotopic (exact) mass is 280 g/mol. The van der Waals surface area contributed by atoms with Crippen LogP contribution in [0.5, 0.6) is 0 Å². The number of likely N-dealkylation sites (tertiary alicyclic amines) is 1. The number of nitrogens with zero attached hydrogens (tertiary/aromatic N) is 1. The molecule has 2 aliphatic rings. The average Bonchev–Trinajstić information content (AvgIpc) is 2.35. The number of hydrogen-bond donors (Lipinski definition) is 1. The molecule has 2 heteroatoms. The molecular weight excluding hydrogens is 244 g/mol. The van der Waals surface area contributed by atoms with Gasteiger partial charge in [0.05, 0.1) is 0 Å². The van der Waals surface area contributed by atoms with Crippen LogP contribution in [0.25, 0.3) is 0 Å². The summed E-state index contributed by atoms with van der Waals surface area (Å²) in [5, 5.41) is 3.77. The molecule has 0 bridgehead atoms. The summed E-state index contributed by atoms with van der Waals surface area (Å²) in [6, 6.07) is 0.744. The van der Waals surface area contributed by atoms with Crippen LogP contribution in [0.4, 0.5) is 0 Å². The second kappa shape index (κ2) is 6.79. The number of hydrogen-bond acceptors (Lipinski definition) is 2. The molecule has 2 fully saturated rings. The van der Waals surface area contributed by atoms with Gasteiger partial charge in [0.1, 0.15) is 0 Å². The summed E-state index contributed by atoms with van der Waals surface area (Å²) in [5.74, 6) is 2.62. The van der Waals surface area contributed by atoms with Gasteiger partial charge in [-0.05, 0) is 68.5 Å². The largest absolute Gasteiger partial charge is 0.314 e. The van der Waals surface area contributed by atoms with E-state index in [0.29, 0.717) is 5.41 Å². The fourth-order valence-electron chi connectivity index (χ4n) is 4.35. The molecule has 1 aliphatic heterocycles. The molecule has 4 unspecified atom stereocenters. The Hall–Kier alpha value is -0.0800. The first-order valence-electron chi connectivity index (χ1n) is 8.87. The van der Waals surface area contributed by atoms with E-state index in [1.165, 1.54) is 45.3 Å². The fourth-order valence-corrected chi connectivity index (χ4v) is 4.35. The van der Waals surface area contributed by atoms with E-state index < -0.39 is 0 Å². The van der Waals surface area contributed by atoms with Gasteiger partial charge in [-0.25, -0.2) is 0 Å². The molecule has 118 valence electrons. The third kappa shape index (κ3) is 4.21. The van der Waals surface area contributed by atoms with E-state index in [-0.39, 0.29) is 0 Å². The Bertz CT molecular complexity index is 290. The summed E-state index contributed by atoms with van der Waals surface area (Å²) in [6.45, 7) is 17.1. The maximum Gasteiger partial charge on any atom is 0.0112 e. The zero-order valence-electron chi connectivity index (χ0n) is 14.4. The van der Waals surface area contributed by atoms with Gasteiger partial charge in [0.2, 0.25) is 0 Å². The van der Waals surface area contributed by atoms with Gasteiger partial charge in [-0.1, -0.05) is 34.6 Å². The Labute approximate surface area is 126 Å². The molecule has 0 radical (unpaired) electrons. The van der Waals surface area contributed by atoms with Crippen molar-refractivity contribution in [3.05, 3.63) is 0 Å². The summed E-state index contributed by atoms with van der Waals surface area (Å²) in [7, 11) is 0. The highest BCUT2D eigenvalue weighted by Crippen LogP contribution is 2.36. The fraction of sp³-hybridized carbons (Fsp3) is 1.00. The van der Waals surface area contributed by atoms with Crippen LogP contribution < -0.4 is 5.32 Å². The summed E-state index contributed by atoms with van der Waals surface area (Å²) in [5.41, 5.74) is 0.574. The quantitative estimate of drug-likeness (QED) is 0.843. The first kappa shape index (κ1) is 16.3. The molecule has 0 spiro atoms. The van der Waals surface area contributed by atoms with Gasteiger partial charge in [0.15, 0.2) is 0 Å². The molecule has 20 heavy (non-hydrogen) atoms. The van der Waals surface area contributed by atoms with Crippen molar-refractivity contribution in [2.24, 2.45) is 23.2 Å². The highest BCUT2D eigenvalue weighted by Gasteiger charge is 2.35. The Kier molecular flexibility index (Phi) is 5.53. The van der Waals surface area contributed by atoms with Gasteiger partial charge in [-0.2, -0.15) is 0 Å². The molecule has 1 saturated carbocycles. The van der Waals surface area contributed by atoms with Crippen molar-refractivity contribution in [2.75, 3.05) is 26.2 Å². The van der Waals surface area contributed by atoms with E-state index in [9.17, 15) is 0 Å². The minimum Gasteiger partial charge on any atom is -0.314 e. The predicted molar refractivity (Wildman–Crippen MR) is 88.0 cm³/mol. The summed E-state index contributed by atoms with van der Waals surface area (Å²) in [4.78, 5) is 2.74. The van der Waals surface area contributed by atoms with Crippen LogP contribution in [-0.4, -0.2) is 37.1 Å². The van der Waals surface area contributed by atoms with Crippen molar-refractivity contribution in [1.82, 2.24) is 10.2 Å². The second-order valence-electron chi connectivity index (χ2n) is 8.35. The van der Waals surface area contributed by atoms with E-state index in [0.717, 1.165) is 30.3 Å². The second-order valence-corrected chi connectivity index (χ2v) is 8.35. The van der Waals surface area contributed by atoms with Gasteiger partial charge in [0.25, 0.3) is 0 Å². The number of rotatable bonds is 4. The Morgan fingerprint density at radius 1 is 1.10 bits per heavy atom. The number of nitrogens with one attached hydrogen (secondary N) is 1. The molecular formula is C18H36N2. The van der Waals surface area contributed by atoms with E-state index in [2.05, 4.69) is 44.8 Å². The summed E-state index contributed by atoms with van der Waals surface area (Å²) in [6.07, 6.45) is 5.54. The molecule has 0 aromatic rings. The van der Waals surface area contributed by atoms with E-state index in [1.54, 1.807) is 0 Å². The lowest BCUT2D eigenvalue weighted by atomic mass is 9.71. The van der Waals surface area contributed by atoms with Crippen LogP contribution in [0.2, 0.25) is 0 Å². The molecule has 1 aliphatic carbocycles. The van der Waals surface area contributed by atoms with Gasteiger partial charge in [-0.3, -0.25) is 0 Å². The van der Waals surface area contributed by atoms with Crippen molar-refractivity contribution in [2.45, 2.75) is 66.3 Å². The molecule has 2 nitrogen and oxygen atoms in total. The van der Waals surface area contributed by atoms with Crippen LogP contribution in [0, 0.1) is 23.2 Å². The smallest absolute Gasteiger partial charge is 0.0112 e. The average molecular weight is 280 g/mol. The van der Waals surface area contributed by atoms with Crippen molar-refractivity contribution in [3.63, 3.8) is 0 Å². The zero-order chi connectivity index (χ0) is 14.8. The summed E-state index contributed by atoms with van der Waals surface area (Å²) < 4.78 is 0. The number of piperidine rings is 1. The Balaban J connectivity index is 1.91. The van der Waals surface area contributed by atoms with Crippen molar-refractivity contribution >= 4 is 0 Å². The molecule has 0 aromatic carbocycles. The first-order valence-corrected chi connectivity index (χ1v) is 8.87. The van der Waals surface area contributed by atoms with E-state index in [4.69, 9.17) is 0 Å². The molecule has 1 N–H and O–H groups in total. The molecule has 4 atom stereocenters. The van der Waals surface area contributed by atoms with Crippen LogP contribution in [0.15, 0.2) is 0 Å². The lowest BCUT2D eigenvalue weighted by Gasteiger charge is -2.45. The highest BCUT2D eigenvalue weighted by atomic mass is 15.1. The highest BCUT2D eigenvalue weighted by molar-refractivity contribution is 4.90. The minimum atomic E-state index is 0.574. The molecule has 0 aromatic heterocycles. The topological polar surface area (TPSA) is 15.3 Å². The van der Waals surface area contributed by atoms with Gasteiger partial charge < -0.3 is 10.2 Å². The molecule has 0 amide bonds. The van der Waals surface area contributed by atoms with Gasteiger partial charge in [-0.15, -0.1) is 0 Å². The van der Waals surface area contributed by atoms with Crippen LogP contribution in [0.1, 0.15) is 60.3 Å². The van der Waals surface area contributed by atoms with Crippen molar-refractivity contribution < 1.29 is 0 Å². The predicted octanol–water partition coefficient (Wildman–Crippen LogP) is 3.77. The zero-order valence-corrected chi connectivity index (χ0v) is 14.4. The van der Waals surface area contributed by atoms with E-state index in [1.807, 2.05) is 0 Å². The standard InChI is InChI=1S/C18H36N2/c1-6-19-17-12-14(2)11-15(3)16(17)13-20-9-7-18(4,5)8-10-20/h14-17,19H,6-13H2,1-5H3. The lowest BCUT2D eigenvalue weighted by Crippen LogP contribution is -2.50. The van der Waals surface area contributed by atoms with Crippen molar-refractivity contribution in [1.29, 1.82) is 0 Å². The molecule has 2 rings (SSSR count). The normalized spacial score (nSPS) is 38.9. The maximum absolute atomic E-state index is 3.77. The molecule has 1 saturated heterocycles. The first-order chi connectivity index (χ1) is 9.41. The van der Waals surface area contributed by atoms with Gasteiger partial charge in [0, 0.05) is 12.6 Å².